The molecule has 2 amide bonds. The van der Waals surface area contributed by atoms with Gasteiger partial charge in [0.1, 0.15) is 18.6 Å². The van der Waals surface area contributed by atoms with Crippen LogP contribution in [0, 0.1) is 5.92 Å². The van der Waals surface area contributed by atoms with Crippen molar-refractivity contribution in [1.82, 2.24) is 25.5 Å². The average Bonchev–Trinajstić information content (AvgIpc) is 3.47. The predicted octanol–water partition coefficient (Wildman–Crippen LogP) is 1.86. The van der Waals surface area contributed by atoms with Gasteiger partial charge in [-0.15, -0.1) is 0 Å². The van der Waals surface area contributed by atoms with E-state index < -0.39 is 30.5 Å². The molecule has 0 aromatic carbocycles. The van der Waals surface area contributed by atoms with E-state index in [1.165, 1.54) is 24.5 Å². The number of hydrogen-bond acceptors (Lipinski definition) is 8. The number of aromatic nitrogens is 4. The van der Waals surface area contributed by atoms with Gasteiger partial charge in [0.05, 0.1) is 23.5 Å². The Bertz CT molecular complexity index is 1180. The third-order valence-electron chi connectivity index (χ3n) is 5.35. The van der Waals surface area contributed by atoms with E-state index in [1.807, 2.05) is 0 Å². The second kappa shape index (κ2) is 9.51. The summed E-state index contributed by atoms with van der Waals surface area (Å²) < 4.78 is 42.6. The second-order valence-corrected chi connectivity index (χ2v) is 7.70. The van der Waals surface area contributed by atoms with E-state index in [9.17, 15) is 22.8 Å². The summed E-state index contributed by atoms with van der Waals surface area (Å²) in [6.07, 6.45) is 0.0764. The fourth-order valence-electron chi connectivity index (χ4n) is 3.73. The summed E-state index contributed by atoms with van der Waals surface area (Å²) >= 11 is 0. The summed E-state index contributed by atoms with van der Waals surface area (Å²) in [7, 11) is 0. The molecule has 34 heavy (non-hydrogen) atoms. The molecule has 3 aromatic rings. The van der Waals surface area contributed by atoms with E-state index in [1.54, 1.807) is 0 Å². The van der Waals surface area contributed by atoms with Crippen molar-refractivity contribution in [2.75, 3.05) is 30.3 Å². The molecule has 4 heterocycles. The molecule has 0 bridgehead atoms. The number of amides is 2. The van der Waals surface area contributed by atoms with Gasteiger partial charge in [-0.05, 0) is 25.1 Å². The zero-order valence-corrected chi connectivity index (χ0v) is 17.6. The SMILES string of the molecule is NC(=O)[C@@H]1CNCCC1c1[nH]ncc1NC(=O)c1coc(-c2ccnc(NCC(F)(F)F)c2)n1. The van der Waals surface area contributed by atoms with Crippen molar-refractivity contribution in [2.45, 2.75) is 18.5 Å². The van der Waals surface area contributed by atoms with Crippen LogP contribution in [0.3, 0.4) is 0 Å². The Morgan fingerprint density at radius 3 is 2.91 bits per heavy atom. The van der Waals surface area contributed by atoms with Crippen LogP contribution in [0.1, 0.15) is 28.5 Å². The molecule has 1 aliphatic heterocycles. The number of oxazole rings is 1. The number of rotatable bonds is 7. The number of aromatic amines is 1. The smallest absolute Gasteiger partial charge is 0.405 e. The lowest BCUT2D eigenvalue weighted by Gasteiger charge is -2.29. The number of carbonyl (C=O) groups is 2. The molecule has 14 heteroatoms. The first kappa shape index (κ1) is 23.2. The number of H-pyrrole nitrogens is 1. The second-order valence-electron chi connectivity index (χ2n) is 7.70. The van der Waals surface area contributed by atoms with Crippen LogP contribution >= 0.6 is 0 Å². The van der Waals surface area contributed by atoms with E-state index in [0.29, 0.717) is 36.5 Å². The number of nitrogens with zero attached hydrogens (tertiary/aromatic N) is 3. The number of hydrogen-bond donors (Lipinski definition) is 5. The van der Waals surface area contributed by atoms with Gasteiger partial charge in [0.2, 0.25) is 11.8 Å². The normalized spacial score (nSPS) is 18.4. The first-order valence-electron chi connectivity index (χ1n) is 10.3. The van der Waals surface area contributed by atoms with Gasteiger partial charge in [-0.3, -0.25) is 14.7 Å². The number of primary amides is 1. The number of alkyl halides is 3. The number of anilines is 2. The van der Waals surface area contributed by atoms with Crippen LogP contribution in [0.4, 0.5) is 24.7 Å². The lowest BCUT2D eigenvalue weighted by Crippen LogP contribution is -2.42. The number of pyridine rings is 1. The topological polar surface area (TPSA) is 164 Å². The lowest BCUT2D eigenvalue weighted by molar-refractivity contribution is -0.123. The van der Waals surface area contributed by atoms with Crippen LogP contribution in [-0.4, -0.2) is 57.8 Å². The number of halogens is 3. The van der Waals surface area contributed by atoms with Gasteiger partial charge < -0.3 is 26.1 Å². The quantitative estimate of drug-likeness (QED) is 0.343. The van der Waals surface area contributed by atoms with Gasteiger partial charge in [0, 0.05) is 24.2 Å². The highest BCUT2D eigenvalue weighted by Gasteiger charge is 2.33. The minimum absolute atomic E-state index is 0.0203. The largest absolute Gasteiger partial charge is 0.444 e. The molecule has 3 aromatic heterocycles. The van der Waals surface area contributed by atoms with E-state index in [-0.39, 0.29) is 23.3 Å². The van der Waals surface area contributed by atoms with Gasteiger partial charge in [0.15, 0.2) is 5.69 Å². The van der Waals surface area contributed by atoms with Gasteiger partial charge in [-0.1, -0.05) is 0 Å². The molecule has 180 valence electrons. The first-order valence-corrected chi connectivity index (χ1v) is 10.3. The van der Waals surface area contributed by atoms with Gasteiger partial charge >= 0.3 is 6.18 Å². The van der Waals surface area contributed by atoms with Crippen molar-refractivity contribution in [3.05, 3.63) is 42.2 Å². The Morgan fingerprint density at radius 1 is 1.32 bits per heavy atom. The van der Waals surface area contributed by atoms with E-state index in [4.69, 9.17) is 10.2 Å². The number of nitrogens with one attached hydrogen (secondary N) is 4. The summed E-state index contributed by atoms with van der Waals surface area (Å²) in [5.74, 6) is -1.74. The predicted molar refractivity (Wildman–Crippen MR) is 114 cm³/mol. The number of piperidine rings is 1. The third kappa shape index (κ3) is 5.33. The van der Waals surface area contributed by atoms with E-state index in [0.717, 1.165) is 6.26 Å². The lowest BCUT2D eigenvalue weighted by atomic mass is 9.83. The third-order valence-corrected chi connectivity index (χ3v) is 5.35. The van der Waals surface area contributed by atoms with E-state index >= 15 is 0 Å². The average molecular weight is 478 g/mol. The maximum atomic E-state index is 12.8. The molecular formula is C20H21F3N8O3. The molecule has 2 atom stereocenters. The molecule has 1 unspecified atom stereocenters. The minimum Gasteiger partial charge on any atom is -0.444 e. The molecule has 0 saturated carbocycles. The molecule has 0 radical (unpaired) electrons. The maximum Gasteiger partial charge on any atom is 0.405 e. The monoisotopic (exact) mass is 478 g/mol. The highest BCUT2D eigenvalue weighted by atomic mass is 19.4. The van der Waals surface area contributed by atoms with Crippen molar-refractivity contribution in [2.24, 2.45) is 11.7 Å². The van der Waals surface area contributed by atoms with Crippen LogP contribution in [-0.2, 0) is 4.79 Å². The zero-order valence-electron chi connectivity index (χ0n) is 17.6. The van der Waals surface area contributed by atoms with Crippen LogP contribution in [0.5, 0.6) is 0 Å². The fourth-order valence-corrected chi connectivity index (χ4v) is 3.73. The van der Waals surface area contributed by atoms with Crippen LogP contribution in [0.2, 0.25) is 0 Å². The van der Waals surface area contributed by atoms with Crippen molar-refractivity contribution in [3.63, 3.8) is 0 Å². The van der Waals surface area contributed by atoms with E-state index in [2.05, 4.69) is 36.1 Å². The van der Waals surface area contributed by atoms with Gasteiger partial charge in [0.25, 0.3) is 5.91 Å². The molecule has 1 aliphatic rings. The summed E-state index contributed by atoms with van der Waals surface area (Å²) in [5, 5.41) is 14.8. The number of nitrogens with two attached hydrogens (primary N) is 1. The Labute approximate surface area is 190 Å². The molecule has 1 saturated heterocycles. The Hall–Kier alpha value is -3.94. The van der Waals surface area contributed by atoms with Crippen LogP contribution < -0.4 is 21.7 Å². The van der Waals surface area contributed by atoms with Crippen LogP contribution in [0.15, 0.2) is 35.2 Å². The van der Waals surface area contributed by atoms with Crippen molar-refractivity contribution >= 4 is 23.3 Å². The summed E-state index contributed by atoms with van der Waals surface area (Å²) in [6.45, 7) is -0.145. The van der Waals surface area contributed by atoms with Gasteiger partial charge in [-0.25, -0.2) is 9.97 Å². The summed E-state index contributed by atoms with van der Waals surface area (Å²) in [6, 6.07) is 2.82. The highest BCUT2D eigenvalue weighted by Crippen LogP contribution is 2.33. The molecule has 1 fully saturated rings. The van der Waals surface area contributed by atoms with Crippen LogP contribution in [0.25, 0.3) is 11.5 Å². The first-order chi connectivity index (χ1) is 16.2. The fraction of sp³-hybridized carbons (Fsp3) is 0.350. The Morgan fingerprint density at radius 2 is 2.15 bits per heavy atom. The minimum atomic E-state index is -4.40. The highest BCUT2D eigenvalue weighted by molar-refractivity contribution is 6.03. The van der Waals surface area contributed by atoms with Crippen molar-refractivity contribution in [3.8, 4) is 11.5 Å². The molecule has 0 aliphatic carbocycles. The van der Waals surface area contributed by atoms with Gasteiger partial charge in [-0.2, -0.15) is 18.3 Å². The summed E-state index contributed by atoms with van der Waals surface area (Å²) in [5.41, 5.74) is 6.77. The van der Waals surface area contributed by atoms with Crippen molar-refractivity contribution < 1.29 is 27.2 Å². The zero-order chi connectivity index (χ0) is 24.3. The van der Waals surface area contributed by atoms with Crippen molar-refractivity contribution in [1.29, 1.82) is 0 Å². The summed E-state index contributed by atoms with van der Waals surface area (Å²) in [4.78, 5) is 32.5. The molecule has 6 N–H and O–H groups in total. The molecule has 0 spiro atoms. The molecule has 4 rings (SSSR count). The Balaban J connectivity index is 1.47. The molecule has 11 nitrogen and oxygen atoms in total. The Kier molecular flexibility index (Phi) is 6.49. The standard InChI is InChI=1S/C20H21F3N8O3/c21-20(22,23)9-27-15-5-10(1-4-26-15)19-30-14(8-34-19)18(33)29-13-7-28-31-16(13)11-2-3-25-6-12(11)17(24)32/h1,4-5,7-8,11-12,25H,2-3,6,9H2,(H2,24,32)(H,26,27)(H,28,31)(H,29,33)/t11?,12-/m1/s1. The maximum absolute atomic E-state index is 12.8. The number of carbonyl (C=O) groups excluding carboxylic acids is 2. The molecular weight excluding hydrogens is 457 g/mol.